The zero-order valence-corrected chi connectivity index (χ0v) is 9.50. The number of benzene rings is 1. The predicted octanol–water partition coefficient (Wildman–Crippen LogP) is 3.44. The molecule has 2 rings (SSSR count). The zero-order chi connectivity index (χ0) is 11.5. The van der Waals surface area contributed by atoms with Crippen molar-refractivity contribution in [3.63, 3.8) is 0 Å². The van der Waals surface area contributed by atoms with E-state index in [-0.39, 0.29) is 5.02 Å². The molecule has 1 N–H and O–H groups in total. The summed E-state index contributed by atoms with van der Waals surface area (Å²) in [4.78, 5) is 4.13. The summed E-state index contributed by atoms with van der Waals surface area (Å²) < 4.78 is 15.1. The average Bonchev–Trinajstić information content (AvgIpc) is 2.71. The van der Waals surface area contributed by atoms with Crippen LogP contribution in [0, 0.1) is 5.82 Å². The molecule has 0 radical (unpaired) electrons. The van der Waals surface area contributed by atoms with Gasteiger partial charge in [0.05, 0.1) is 5.02 Å². The van der Waals surface area contributed by atoms with Gasteiger partial charge in [-0.3, -0.25) is 0 Å². The van der Waals surface area contributed by atoms with Crippen molar-refractivity contribution in [3.05, 3.63) is 41.4 Å². The van der Waals surface area contributed by atoms with Gasteiger partial charge in [-0.2, -0.15) is 0 Å². The Morgan fingerprint density at radius 3 is 3.00 bits per heavy atom. The van der Waals surface area contributed by atoms with E-state index in [2.05, 4.69) is 10.3 Å². The lowest BCUT2D eigenvalue weighted by atomic mass is 10.3. The van der Waals surface area contributed by atoms with Crippen molar-refractivity contribution in [3.8, 4) is 0 Å². The molecule has 2 aromatic rings. The van der Waals surface area contributed by atoms with E-state index >= 15 is 0 Å². The molecule has 0 amide bonds. The Bertz CT molecular complexity index is 496. The summed E-state index contributed by atoms with van der Waals surface area (Å²) in [5.41, 5.74) is 0.628. The molecule has 1 aromatic carbocycles. The van der Waals surface area contributed by atoms with Crippen LogP contribution in [0.2, 0.25) is 5.02 Å². The van der Waals surface area contributed by atoms with Crippen LogP contribution >= 0.6 is 11.6 Å². The fraction of sp³-hybridized carbons (Fsp3) is 0.182. The average molecular weight is 240 g/mol. The maximum atomic E-state index is 13.2. The summed E-state index contributed by atoms with van der Waals surface area (Å²) in [7, 11) is 0. The van der Waals surface area contributed by atoms with Gasteiger partial charge >= 0.3 is 0 Å². The van der Waals surface area contributed by atoms with Crippen LogP contribution in [0.4, 0.5) is 16.0 Å². The largest absolute Gasteiger partial charge is 0.326 e. The van der Waals surface area contributed by atoms with E-state index in [1.165, 1.54) is 12.1 Å². The highest BCUT2D eigenvalue weighted by molar-refractivity contribution is 6.30. The van der Waals surface area contributed by atoms with Crippen LogP contribution < -0.4 is 5.32 Å². The Kier molecular flexibility index (Phi) is 3.10. The molecule has 0 saturated heterocycles. The van der Waals surface area contributed by atoms with E-state index in [1.807, 2.05) is 17.7 Å². The third-order valence-corrected chi connectivity index (χ3v) is 2.54. The van der Waals surface area contributed by atoms with Gasteiger partial charge < -0.3 is 9.88 Å². The third kappa shape index (κ3) is 2.17. The Morgan fingerprint density at radius 1 is 1.50 bits per heavy atom. The maximum absolute atomic E-state index is 13.2. The third-order valence-electron chi connectivity index (χ3n) is 2.23. The van der Waals surface area contributed by atoms with E-state index in [1.54, 1.807) is 12.3 Å². The van der Waals surface area contributed by atoms with Gasteiger partial charge in [0, 0.05) is 24.6 Å². The Balaban J connectivity index is 2.24. The zero-order valence-electron chi connectivity index (χ0n) is 8.74. The number of hydrogen-bond donors (Lipinski definition) is 1. The molecule has 0 aliphatic heterocycles. The first-order chi connectivity index (χ1) is 7.70. The highest BCUT2D eigenvalue weighted by atomic mass is 35.5. The van der Waals surface area contributed by atoms with Gasteiger partial charge in [0.1, 0.15) is 5.82 Å². The quantitative estimate of drug-likeness (QED) is 0.889. The minimum atomic E-state index is -0.443. The number of hydrogen-bond acceptors (Lipinski definition) is 2. The van der Waals surface area contributed by atoms with E-state index in [4.69, 9.17) is 11.6 Å². The smallest absolute Gasteiger partial charge is 0.207 e. The van der Waals surface area contributed by atoms with Crippen LogP contribution in [0.25, 0.3) is 0 Å². The molecule has 0 aliphatic rings. The summed E-state index contributed by atoms with van der Waals surface area (Å²) in [5.74, 6) is 0.241. The van der Waals surface area contributed by atoms with Crippen LogP contribution in [-0.2, 0) is 6.54 Å². The van der Waals surface area contributed by atoms with E-state index < -0.39 is 5.82 Å². The van der Waals surface area contributed by atoms with Crippen molar-refractivity contribution in [1.29, 1.82) is 0 Å². The number of nitrogens with zero attached hydrogens (tertiary/aromatic N) is 2. The molecule has 0 spiro atoms. The SMILES string of the molecule is CCn1ccnc1Nc1ccc(Cl)c(F)c1. The molecule has 0 bridgehead atoms. The first kappa shape index (κ1) is 11.0. The molecule has 84 valence electrons. The standard InChI is InChI=1S/C11H11ClFN3/c1-2-16-6-5-14-11(16)15-8-3-4-9(12)10(13)7-8/h3-7H,2H2,1H3,(H,14,15). The molecular weight excluding hydrogens is 229 g/mol. The predicted molar refractivity (Wildman–Crippen MR) is 62.6 cm³/mol. The number of halogens is 2. The maximum Gasteiger partial charge on any atom is 0.207 e. The number of aromatic nitrogens is 2. The lowest BCUT2D eigenvalue weighted by Crippen LogP contribution is -2.01. The van der Waals surface area contributed by atoms with Crippen LogP contribution in [-0.4, -0.2) is 9.55 Å². The molecule has 5 heteroatoms. The molecule has 16 heavy (non-hydrogen) atoms. The second-order valence-electron chi connectivity index (χ2n) is 3.29. The topological polar surface area (TPSA) is 29.9 Å². The fourth-order valence-electron chi connectivity index (χ4n) is 1.39. The molecule has 0 unspecified atom stereocenters. The summed E-state index contributed by atoms with van der Waals surface area (Å²) in [5, 5.41) is 3.14. The van der Waals surface area contributed by atoms with E-state index in [9.17, 15) is 4.39 Å². The lowest BCUT2D eigenvalue weighted by Gasteiger charge is -2.08. The Morgan fingerprint density at radius 2 is 2.31 bits per heavy atom. The van der Waals surface area contributed by atoms with Crippen molar-refractivity contribution in [1.82, 2.24) is 9.55 Å². The first-order valence-electron chi connectivity index (χ1n) is 4.94. The van der Waals surface area contributed by atoms with Crippen molar-refractivity contribution >= 4 is 23.2 Å². The minimum absolute atomic E-state index is 0.115. The number of nitrogens with one attached hydrogen (secondary N) is 1. The van der Waals surface area contributed by atoms with Gasteiger partial charge in [-0.1, -0.05) is 11.6 Å². The van der Waals surface area contributed by atoms with Crippen LogP contribution in [0.3, 0.4) is 0 Å². The van der Waals surface area contributed by atoms with Crippen molar-refractivity contribution in [2.24, 2.45) is 0 Å². The number of imidazole rings is 1. The van der Waals surface area contributed by atoms with Crippen molar-refractivity contribution < 1.29 is 4.39 Å². The summed E-state index contributed by atoms with van der Waals surface area (Å²) in [6, 6.07) is 4.57. The highest BCUT2D eigenvalue weighted by Gasteiger charge is 2.04. The van der Waals surface area contributed by atoms with E-state index in [0.717, 1.165) is 6.54 Å². The van der Waals surface area contributed by atoms with Gasteiger partial charge in [0.25, 0.3) is 0 Å². The molecule has 0 aliphatic carbocycles. The van der Waals surface area contributed by atoms with Gasteiger partial charge in [-0.15, -0.1) is 0 Å². The summed E-state index contributed by atoms with van der Waals surface area (Å²) in [6.45, 7) is 2.81. The monoisotopic (exact) mass is 239 g/mol. The number of rotatable bonds is 3. The molecule has 0 saturated carbocycles. The lowest BCUT2D eigenvalue weighted by molar-refractivity contribution is 0.629. The van der Waals surface area contributed by atoms with Crippen LogP contribution in [0.5, 0.6) is 0 Å². The van der Waals surface area contributed by atoms with Crippen molar-refractivity contribution in [2.75, 3.05) is 5.32 Å². The van der Waals surface area contributed by atoms with Crippen LogP contribution in [0.1, 0.15) is 6.92 Å². The highest BCUT2D eigenvalue weighted by Crippen LogP contribution is 2.21. The van der Waals surface area contributed by atoms with Gasteiger partial charge in [-0.25, -0.2) is 9.37 Å². The van der Waals surface area contributed by atoms with Crippen molar-refractivity contribution in [2.45, 2.75) is 13.5 Å². The second-order valence-corrected chi connectivity index (χ2v) is 3.70. The molecule has 0 fully saturated rings. The number of anilines is 2. The normalized spacial score (nSPS) is 10.4. The summed E-state index contributed by atoms with van der Waals surface area (Å²) >= 11 is 5.60. The van der Waals surface area contributed by atoms with Crippen LogP contribution in [0.15, 0.2) is 30.6 Å². The van der Waals surface area contributed by atoms with Gasteiger partial charge in [0.15, 0.2) is 0 Å². The molecule has 0 atom stereocenters. The Hall–Kier alpha value is -1.55. The second kappa shape index (κ2) is 4.53. The molecular formula is C11H11ClFN3. The first-order valence-corrected chi connectivity index (χ1v) is 5.31. The number of aryl methyl sites for hydroxylation is 1. The molecule has 1 aromatic heterocycles. The van der Waals surface area contributed by atoms with Gasteiger partial charge in [0.2, 0.25) is 5.95 Å². The molecule has 1 heterocycles. The fourth-order valence-corrected chi connectivity index (χ4v) is 1.51. The molecule has 3 nitrogen and oxygen atoms in total. The Labute approximate surface area is 97.9 Å². The van der Waals surface area contributed by atoms with E-state index in [0.29, 0.717) is 11.6 Å². The van der Waals surface area contributed by atoms with Gasteiger partial charge in [-0.05, 0) is 25.1 Å². The minimum Gasteiger partial charge on any atom is -0.326 e. The summed E-state index contributed by atoms with van der Waals surface area (Å²) in [6.07, 6.45) is 3.55.